The van der Waals surface area contributed by atoms with Gasteiger partial charge in [0.05, 0.1) is 13.0 Å². The standard InChI is InChI=1S/C7H9ClO3/c1-11-7(10)5-2-4(3-5)6(8)9/h4-5H,2-3H2,1H3/t4-,5-. The van der Waals surface area contributed by atoms with E-state index in [2.05, 4.69) is 4.74 Å². The first kappa shape index (κ1) is 8.53. The van der Waals surface area contributed by atoms with Crippen LogP contribution in [0.3, 0.4) is 0 Å². The maximum atomic E-state index is 10.8. The number of halogens is 1. The Balaban J connectivity index is 2.29. The molecule has 0 N–H and O–H groups in total. The van der Waals surface area contributed by atoms with Crippen LogP contribution in [0.25, 0.3) is 0 Å². The molecule has 0 aromatic carbocycles. The van der Waals surface area contributed by atoms with Crippen LogP contribution < -0.4 is 0 Å². The Labute approximate surface area is 69.7 Å². The average molecular weight is 177 g/mol. The molecule has 1 rings (SSSR count). The summed E-state index contributed by atoms with van der Waals surface area (Å²) in [7, 11) is 1.35. The van der Waals surface area contributed by atoms with Gasteiger partial charge in [-0.2, -0.15) is 0 Å². The molecule has 3 nitrogen and oxygen atoms in total. The van der Waals surface area contributed by atoms with Gasteiger partial charge in [0.15, 0.2) is 0 Å². The first-order chi connectivity index (χ1) is 5.15. The minimum Gasteiger partial charge on any atom is -0.469 e. The Morgan fingerprint density at radius 1 is 1.36 bits per heavy atom. The summed E-state index contributed by atoms with van der Waals surface area (Å²) in [6.45, 7) is 0. The van der Waals surface area contributed by atoms with Crippen molar-refractivity contribution in [3.05, 3.63) is 0 Å². The summed E-state index contributed by atoms with van der Waals surface area (Å²) >= 11 is 5.20. The predicted molar refractivity (Wildman–Crippen MR) is 39.1 cm³/mol. The van der Waals surface area contributed by atoms with E-state index < -0.39 is 0 Å². The molecular formula is C7H9ClO3. The summed E-state index contributed by atoms with van der Waals surface area (Å²) < 4.78 is 4.49. The molecular weight excluding hydrogens is 168 g/mol. The summed E-state index contributed by atoms with van der Waals surface area (Å²) in [5.41, 5.74) is 0. The maximum absolute atomic E-state index is 10.8. The van der Waals surface area contributed by atoms with Gasteiger partial charge in [-0.25, -0.2) is 0 Å². The molecule has 0 aromatic rings. The quantitative estimate of drug-likeness (QED) is 0.465. The molecule has 0 unspecified atom stereocenters. The van der Waals surface area contributed by atoms with Gasteiger partial charge in [-0.15, -0.1) is 0 Å². The average Bonchev–Trinajstić information content (AvgIpc) is 1.83. The van der Waals surface area contributed by atoms with Crippen LogP contribution in [-0.2, 0) is 14.3 Å². The van der Waals surface area contributed by atoms with E-state index in [9.17, 15) is 9.59 Å². The first-order valence-corrected chi connectivity index (χ1v) is 3.80. The van der Waals surface area contributed by atoms with Crippen molar-refractivity contribution in [1.82, 2.24) is 0 Å². The zero-order chi connectivity index (χ0) is 8.43. The van der Waals surface area contributed by atoms with E-state index in [4.69, 9.17) is 11.6 Å². The Kier molecular flexibility index (Phi) is 2.49. The monoisotopic (exact) mass is 176 g/mol. The molecule has 0 aliphatic heterocycles. The van der Waals surface area contributed by atoms with E-state index in [1.165, 1.54) is 7.11 Å². The second kappa shape index (κ2) is 3.22. The lowest BCUT2D eigenvalue weighted by Crippen LogP contribution is -2.34. The van der Waals surface area contributed by atoms with E-state index in [-0.39, 0.29) is 23.0 Å². The fourth-order valence-electron chi connectivity index (χ4n) is 1.16. The lowest BCUT2D eigenvalue weighted by atomic mass is 9.76. The highest BCUT2D eigenvalue weighted by Crippen LogP contribution is 2.35. The van der Waals surface area contributed by atoms with Gasteiger partial charge in [0.2, 0.25) is 5.24 Å². The molecule has 11 heavy (non-hydrogen) atoms. The van der Waals surface area contributed by atoms with Gasteiger partial charge in [0.1, 0.15) is 0 Å². The Hall–Kier alpha value is -0.570. The normalized spacial score (nSPS) is 28.9. The zero-order valence-corrected chi connectivity index (χ0v) is 6.93. The number of hydrogen-bond acceptors (Lipinski definition) is 3. The fourth-order valence-corrected chi connectivity index (χ4v) is 1.34. The van der Waals surface area contributed by atoms with Crippen molar-refractivity contribution in [2.45, 2.75) is 12.8 Å². The Morgan fingerprint density at radius 2 is 1.91 bits per heavy atom. The topological polar surface area (TPSA) is 43.4 Å². The molecule has 0 saturated heterocycles. The van der Waals surface area contributed by atoms with Crippen molar-refractivity contribution in [2.24, 2.45) is 11.8 Å². The van der Waals surface area contributed by atoms with Crippen LogP contribution in [0.5, 0.6) is 0 Å². The minimum atomic E-state index is -0.342. The third-order valence-electron chi connectivity index (χ3n) is 1.99. The van der Waals surface area contributed by atoms with E-state index in [1.54, 1.807) is 0 Å². The predicted octanol–water partition coefficient (Wildman–Crippen LogP) is 0.951. The van der Waals surface area contributed by atoms with Crippen molar-refractivity contribution in [3.8, 4) is 0 Å². The smallest absolute Gasteiger partial charge is 0.308 e. The summed E-state index contributed by atoms with van der Waals surface area (Å²) in [5.74, 6) is -0.465. The molecule has 1 aliphatic carbocycles. The van der Waals surface area contributed by atoms with Crippen LogP contribution in [0.1, 0.15) is 12.8 Å². The van der Waals surface area contributed by atoms with Gasteiger partial charge in [-0.05, 0) is 24.4 Å². The van der Waals surface area contributed by atoms with Crippen LogP contribution in [0.4, 0.5) is 0 Å². The molecule has 1 aliphatic rings. The number of rotatable bonds is 2. The van der Waals surface area contributed by atoms with E-state index in [1.807, 2.05) is 0 Å². The summed E-state index contributed by atoms with van der Waals surface area (Å²) in [6, 6.07) is 0. The highest BCUT2D eigenvalue weighted by molar-refractivity contribution is 6.64. The molecule has 0 heterocycles. The van der Waals surface area contributed by atoms with Gasteiger partial charge in [-0.1, -0.05) is 0 Å². The van der Waals surface area contributed by atoms with E-state index >= 15 is 0 Å². The van der Waals surface area contributed by atoms with Gasteiger partial charge >= 0.3 is 5.97 Å². The van der Waals surface area contributed by atoms with Crippen molar-refractivity contribution < 1.29 is 14.3 Å². The number of carbonyl (C=O) groups excluding carboxylic acids is 2. The van der Waals surface area contributed by atoms with Crippen LogP contribution in [0.2, 0.25) is 0 Å². The second-order valence-corrected chi connectivity index (χ2v) is 3.07. The fraction of sp³-hybridized carbons (Fsp3) is 0.714. The number of ether oxygens (including phenoxy) is 1. The lowest BCUT2D eigenvalue weighted by molar-refractivity contribution is -0.150. The molecule has 0 aromatic heterocycles. The highest BCUT2D eigenvalue weighted by atomic mass is 35.5. The molecule has 0 bridgehead atoms. The molecule has 0 radical (unpaired) electrons. The van der Waals surface area contributed by atoms with Crippen LogP contribution in [0.15, 0.2) is 0 Å². The molecule has 0 amide bonds. The van der Waals surface area contributed by atoms with Gasteiger partial charge < -0.3 is 4.74 Å². The Morgan fingerprint density at radius 3 is 2.27 bits per heavy atom. The largest absolute Gasteiger partial charge is 0.469 e. The summed E-state index contributed by atoms with van der Waals surface area (Å²) in [6.07, 6.45) is 1.10. The maximum Gasteiger partial charge on any atom is 0.308 e. The zero-order valence-electron chi connectivity index (χ0n) is 6.17. The molecule has 4 heteroatoms. The highest BCUT2D eigenvalue weighted by Gasteiger charge is 2.38. The van der Waals surface area contributed by atoms with Crippen LogP contribution >= 0.6 is 11.6 Å². The molecule has 0 spiro atoms. The summed E-state index contributed by atoms with van der Waals surface area (Å²) in [4.78, 5) is 21.3. The van der Waals surface area contributed by atoms with Crippen LogP contribution in [0, 0.1) is 11.8 Å². The minimum absolute atomic E-state index is 0.104. The van der Waals surface area contributed by atoms with Crippen LogP contribution in [-0.4, -0.2) is 18.3 Å². The SMILES string of the molecule is COC(=O)[C@H]1C[C@H](C(=O)Cl)C1. The third kappa shape index (κ3) is 1.71. The second-order valence-electron chi connectivity index (χ2n) is 2.69. The van der Waals surface area contributed by atoms with Gasteiger partial charge in [-0.3, -0.25) is 9.59 Å². The molecule has 1 fully saturated rings. The molecule has 1 saturated carbocycles. The van der Waals surface area contributed by atoms with Crippen molar-refractivity contribution >= 4 is 22.8 Å². The first-order valence-electron chi connectivity index (χ1n) is 3.42. The van der Waals surface area contributed by atoms with Gasteiger partial charge in [0, 0.05) is 5.92 Å². The molecule has 62 valence electrons. The van der Waals surface area contributed by atoms with Crippen molar-refractivity contribution in [2.75, 3.05) is 7.11 Å². The number of carbonyl (C=O) groups is 2. The number of hydrogen-bond donors (Lipinski definition) is 0. The summed E-state index contributed by atoms with van der Waals surface area (Å²) in [5, 5.41) is -0.342. The lowest BCUT2D eigenvalue weighted by Gasteiger charge is -2.29. The molecule has 0 atom stereocenters. The third-order valence-corrected chi connectivity index (χ3v) is 2.30. The van der Waals surface area contributed by atoms with E-state index in [0.29, 0.717) is 12.8 Å². The van der Waals surface area contributed by atoms with Crippen molar-refractivity contribution in [1.29, 1.82) is 0 Å². The number of methoxy groups -OCH3 is 1. The van der Waals surface area contributed by atoms with Crippen molar-refractivity contribution in [3.63, 3.8) is 0 Å². The number of esters is 1. The van der Waals surface area contributed by atoms with Gasteiger partial charge in [0.25, 0.3) is 0 Å². The van der Waals surface area contributed by atoms with E-state index in [0.717, 1.165) is 0 Å². The Bertz CT molecular complexity index is 184.